The van der Waals surface area contributed by atoms with E-state index in [-0.39, 0.29) is 63.6 Å². The molecule has 3 rings (SSSR count). The molecule has 0 unspecified atom stereocenters. The van der Waals surface area contributed by atoms with Crippen LogP contribution >= 0.6 is 0 Å². The van der Waals surface area contributed by atoms with Gasteiger partial charge in [0.25, 0.3) is 0 Å². The van der Waals surface area contributed by atoms with Gasteiger partial charge in [0.1, 0.15) is 0 Å². The number of hydrogen-bond donors (Lipinski definition) is 0. The second-order valence-corrected chi connectivity index (χ2v) is 4.96. The summed E-state index contributed by atoms with van der Waals surface area (Å²) in [6.45, 7) is 0. The molecule has 0 spiro atoms. The van der Waals surface area contributed by atoms with Crippen molar-refractivity contribution in [1.82, 2.24) is 0 Å². The predicted molar refractivity (Wildman–Crippen MR) is 92.3 cm³/mol. The van der Waals surface area contributed by atoms with E-state index in [2.05, 4.69) is 0 Å². The summed E-state index contributed by atoms with van der Waals surface area (Å²) < 4.78 is 0. The second kappa shape index (κ2) is 14.6. The fourth-order valence-electron chi connectivity index (χ4n) is 1.72. The molecule has 149 valence electrons. The largest absolute Gasteiger partial charge is 3.00 e. The minimum atomic E-state index is -1.13. The number of carboxylic acid groups (broad SMARTS) is 3. The Balaban J connectivity index is 0.000000384. The molecule has 3 aromatic rings. The molecular weight excluding hydrogens is 521 g/mol. The quantitative estimate of drug-likeness (QED) is 0.470. The van der Waals surface area contributed by atoms with E-state index in [1.165, 1.54) is 36.4 Å². The van der Waals surface area contributed by atoms with Gasteiger partial charge in [-0.1, -0.05) is 91.0 Å². The normalized spacial score (nSPS) is 8.57. The van der Waals surface area contributed by atoms with Crippen molar-refractivity contribution < 1.29 is 76.6 Å². The van der Waals surface area contributed by atoms with E-state index in [0.717, 1.165) is 0 Å². The third-order valence-electron chi connectivity index (χ3n) is 3.03. The van der Waals surface area contributed by atoms with Crippen molar-refractivity contribution in [1.29, 1.82) is 0 Å². The van der Waals surface area contributed by atoms with Gasteiger partial charge in [-0.2, -0.15) is 0 Å². The maximum absolute atomic E-state index is 10.1. The zero-order chi connectivity index (χ0) is 20.1. The third-order valence-corrected chi connectivity index (χ3v) is 3.03. The fraction of sp³-hybridized carbons (Fsp3) is 0. The Morgan fingerprint density at radius 3 is 0.714 bits per heavy atom. The molecule has 7 heteroatoms. The first-order valence-electron chi connectivity index (χ1n) is 7.71. The van der Waals surface area contributed by atoms with Gasteiger partial charge in [0.2, 0.25) is 0 Å². The Kier molecular flexibility index (Phi) is 13.4. The second-order valence-electron chi connectivity index (χ2n) is 4.96. The van der Waals surface area contributed by atoms with Crippen LogP contribution in [0.15, 0.2) is 91.0 Å². The zero-order valence-electron chi connectivity index (χ0n) is 14.4. The van der Waals surface area contributed by atoms with Crippen LogP contribution < -0.4 is 15.3 Å². The number of carbonyl (C=O) groups excluding carboxylic acids is 3. The van der Waals surface area contributed by atoms with Gasteiger partial charge in [0.05, 0.1) is 17.9 Å². The monoisotopic (exact) mass is 537 g/mol. The van der Waals surface area contributed by atoms with Gasteiger partial charge < -0.3 is 29.7 Å². The van der Waals surface area contributed by atoms with Gasteiger partial charge >= 0.3 is 46.9 Å². The number of benzene rings is 3. The number of rotatable bonds is 3. The molecule has 0 saturated carbocycles. The summed E-state index contributed by atoms with van der Waals surface area (Å²) in [5.41, 5.74) is 0.660. The summed E-state index contributed by atoms with van der Waals surface area (Å²) >= 11 is 0. The molecule has 28 heavy (non-hydrogen) atoms. The maximum atomic E-state index is 10.1. The predicted octanol–water partition coefficient (Wildman–Crippen LogP) is 0.150. The Labute approximate surface area is 200 Å². The third kappa shape index (κ3) is 10.7. The zero-order valence-corrected chi connectivity index (χ0v) is 16.1. The smallest absolute Gasteiger partial charge is 0.545 e. The first-order valence-corrected chi connectivity index (χ1v) is 7.71. The number of carboxylic acids is 3. The summed E-state index contributed by atoms with van der Waals surface area (Å²) in [6.07, 6.45) is 0. The van der Waals surface area contributed by atoms with Crippen LogP contribution in [0.5, 0.6) is 0 Å². The Bertz CT molecular complexity index is 734. The van der Waals surface area contributed by atoms with E-state index in [1.54, 1.807) is 54.6 Å². The first kappa shape index (κ1) is 25.6. The molecule has 0 aliphatic carbocycles. The standard InChI is InChI=1S/3C7H6O2.Yb/c3*8-7(9)6-4-2-1-3-5-6;/h3*1-5H,(H,8,9);/q;;;+3/p-3. The molecule has 0 aromatic heterocycles. The van der Waals surface area contributed by atoms with Crippen molar-refractivity contribution >= 4 is 17.9 Å². The van der Waals surface area contributed by atoms with E-state index in [4.69, 9.17) is 0 Å². The van der Waals surface area contributed by atoms with Crippen LogP contribution in [0.4, 0.5) is 0 Å². The topological polar surface area (TPSA) is 120 Å². The molecule has 0 amide bonds. The van der Waals surface area contributed by atoms with E-state index in [0.29, 0.717) is 0 Å². The van der Waals surface area contributed by atoms with Crippen molar-refractivity contribution in [3.63, 3.8) is 0 Å². The Morgan fingerprint density at radius 1 is 0.429 bits per heavy atom. The molecule has 0 saturated heterocycles. The van der Waals surface area contributed by atoms with Crippen LogP contribution in [0.3, 0.4) is 0 Å². The van der Waals surface area contributed by atoms with E-state index >= 15 is 0 Å². The molecule has 0 aliphatic rings. The molecule has 0 fully saturated rings. The van der Waals surface area contributed by atoms with Crippen molar-refractivity contribution in [2.75, 3.05) is 0 Å². The van der Waals surface area contributed by atoms with Crippen LogP contribution in [-0.4, -0.2) is 17.9 Å². The molecule has 0 bridgehead atoms. The number of carbonyl (C=O) groups is 3. The van der Waals surface area contributed by atoms with E-state index in [9.17, 15) is 29.7 Å². The Morgan fingerprint density at radius 2 is 0.607 bits per heavy atom. The van der Waals surface area contributed by atoms with Gasteiger partial charge in [-0.15, -0.1) is 0 Å². The average Bonchev–Trinajstić information content (AvgIpc) is 2.71. The van der Waals surface area contributed by atoms with E-state index in [1.807, 2.05) is 0 Å². The minimum Gasteiger partial charge on any atom is -0.545 e. The molecule has 1 radical (unpaired) electrons. The molecule has 0 N–H and O–H groups in total. The van der Waals surface area contributed by atoms with Crippen molar-refractivity contribution in [3.05, 3.63) is 108 Å². The summed E-state index contributed by atoms with van der Waals surface area (Å²) in [4.78, 5) is 30.3. The first-order chi connectivity index (χ1) is 12.9. The molecule has 6 nitrogen and oxygen atoms in total. The van der Waals surface area contributed by atoms with Crippen molar-refractivity contribution in [2.24, 2.45) is 0 Å². The van der Waals surface area contributed by atoms with Gasteiger partial charge in [-0.3, -0.25) is 0 Å². The minimum absolute atomic E-state index is 0. The summed E-state index contributed by atoms with van der Waals surface area (Å²) in [5, 5.41) is 30.3. The van der Waals surface area contributed by atoms with Crippen LogP contribution in [-0.2, 0) is 0 Å². The van der Waals surface area contributed by atoms with Crippen molar-refractivity contribution in [3.8, 4) is 0 Å². The molecule has 0 aliphatic heterocycles. The fourth-order valence-corrected chi connectivity index (χ4v) is 1.72. The van der Waals surface area contributed by atoms with Crippen LogP contribution in [0.25, 0.3) is 0 Å². The van der Waals surface area contributed by atoms with Crippen LogP contribution in [0.1, 0.15) is 31.1 Å². The molecule has 0 atom stereocenters. The van der Waals surface area contributed by atoms with Crippen molar-refractivity contribution in [2.45, 2.75) is 0 Å². The molecular formula is C21H15O6Yb. The number of hydrogen-bond acceptors (Lipinski definition) is 6. The van der Waals surface area contributed by atoms with Crippen LogP contribution in [0, 0.1) is 46.9 Å². The van der Waals surface area contributed by atoms with Gasteiger partial charge in [0.15, 0.2) is 0 Å². The van der Waals surface area contributed by atoms with Crippen LogP contribution in [0.2, 0.25) is 0 Å². The van der Waals surface area contributed by atoms with E-state index < -0.39 is 17.9 Å². The average molecular weight is 536 g/mol. The SMILES string of the molecule is O=C([O-])c1ccccc1.O=C([O-])c1ccccc1.O=C([O-])c1ccccc1.[Yb+3]. The van der Waals surface area contributed by atoms with Gasteiger partial charge in [-0.05, 0) is 16.7 Å². The summed E-state index contributed by atoms with van der Waals surface area (Å²) in [5.74, 6) is -3.39. The maximum Gasteiger partial charge on any atom is 3.00 e. The van der Waals surface area contributed by atoms with Gasteiger partial charge in [-0.25, -0.2) is 0 Å². The van der Waals surface area contributed by atoms with Gasteiger partial charge in [0, 0.05) is 0 Å². The Hall–Kier alpha value is -2.41. The summed E-state index contributed by atoms with van der Waals surface area (Å²) in [6, 6.07) is 24.2. The molecule has 3 aromatic carbocycles. The molecule has 0 heterocycles. The number of aromatic carboxylic acids is 3. The summed E-state index contributed by atoms with van der Waals surface area (Å²) in [7, 11) is 0.